The van der Waals surface area contributed by atoms with Gasteiger partial charge in [-0.3, -0.25) is 4.57 Å². The molecule has 0 aromatic carbocycles. The monoisotopic (exact) mass is 252 g/mol. The van der Waals surface area contributed by atoms with Crippen molar-refractivity contribution >= 4 is 24.7 Å². The van der Waals surface area contributed by atoms with Gasteiger partial charge in [-0.2, -0.15) is 0 Å². The van der Waals surface area contributed by atoms with Crippen molar-refractivity contribution in [2.45, 2.75) is 23.9 Å². The summed E-state index contributed by atoms with van der Waals surface area (Å²) in [7, 11) is 6.10. The van der Waals surface area contributed by atoms with E-state index in [1.165, 1.54) is 7.11 Å². The molecule has 0 aliphatic carbocycles. The Morgan fingerprint density at radius 3 is 2.73 bits per heavy atom. The Balaban J connectivity index is 2.68. The summed E-state index contributed by atoms with van der Waals surface area (Å²) in [5, 5.41) is 0. The van der Waals surface area contributed by atoms with Gasteiger partial charge in [-0.15, -0.1) is 9.24 Å². The predicted molar refractivity (Wildman–Crippen MR) is 60.4 cm³/mol. The second-order valence-electron chi connectivity index (χ2n) is 3.54. The summed E-state index contributed by atoms with van der Waals surface area (Å²) in [5.74, 6) is 0. The second-order valence-corrected chi connectivity index (χ2v) is 6.13. The van der Waals surface area contributed by atoms with Gasteiger partial charge in [0.05, 0.1) is 6.61 Å². The minimum atomic E-state index is -3.54. The Labute approximate surface area is 93.0 Å². The molecule has 5 nitrogen and oxygen atoms in total. The largest absolute Gasteiger partial charge is 0.382 e. The third-order valence-electron chi connectivity index (χ3n) is 2.11. The van der Waals surface area contributed by atoms with E-state index in [0.717, 1.165) is 6.66 Å². The lowest BCUT2D eigenvalue weighted by molar-refractivity contribution is -0.0123. The van der Waals surface area contributed by atoms with Gasteiger partial charge >= 0.3 is 7.60 Å². The molecule has 1 fully saturated rings. The maximum absolute atomic E-state index is 11.2. The molecule has 6 atom stereocenters. The van der Waals surface area contributed by atoms with E-state index in [9.17, 15) is 4.57 Å². The smallest absolute Gasteiger partial charge is 0.325 e. The summed E-state index contributed by atoms with van der Waals surface area (Å²) < 4.78 is 26.5. The molecule has 1 heterocycles. The Morgan fingerprint density at radius 2 is 2.27 bits per heavy atom. The Morgan fingerprint density at radius 1 is 1.67 bits per heavy atom. The topological polar surface area (TPSA) is 65.0 Å². The molecular weight excluding hydrogens is 237 g/mol. The van der Waals surface area contributed by atoms with Crippen molar-refractivity contribution in [2.24, 2.45) is 0 Å². The molecule has 0 amide bonds. The fourth-order valence-electron chi connectivity index (χ4n) is 1.47. The van der Waals surface area contributed by atoms with Gasteiger partial charge in [-0.1, -0.05) is 0 Å². The molecule has 0 spiro atoms. The van der Waals surface area contributed by atoms with Crippen molar-refractivity contribution in [1.29, 1.82) is 0 Å². The van der Waals surface area contributed by atoms with E-state index in [1.807, 2.05) is 0 Å². The Hall–Kier alpha value is 0.565. The van der Waals surface area contributed by atoms with Crippen LogP contribution in [-0.2, 0) is 18.6 Å². The molecule has 1 aliphatic heterocycles. The maximum atomic E-state index is 11.2. The van der Waals surface area contributed by atoms with Gasteiger partial charge in [-0.05, 0) is 0 Å². The van der Waals surface area contributed by atoms with Crippen LogP contribution in [0.2, 0.25) is 0 Å². The lowest BCUT2D eigenvalue weighted by atomic mass is 9.95. The highest BCUT2D eigenvalue weighted by atomic mass is 31.2. The van der Waals surface area contributed by atoms with Crippen molar-refractivity contribution in [1.82, 2.24) is 0 Å². The Bertz CT molecular complexity index is 258. The second kappa shape index (κ2) is 5.26. The molecule has 1 N–H and O–H groups in total. The number of hydrogen-bond donors (Lipinski definition) is 1. The summed E-state index contributed by atoms with van der Waals surface area (Å²) in [5.41, 5.74) is -0.217. The molecule has 2 radical (unpaired) electrons. The lowest BCUT2D eigenvalue weighted by Crippen LogP contribution is -2.33. The zero-order valence-corrected chi connectivity index (χ0v) is 10.7. The fraction of sp³-hybridized carbons (Fsp3) is 1.00. The number of rotatable bonds is 4. The van der Waals surface area contributed by atoms with Crippen LogP contribution >= 0.6 is 16.8 Å². The van der Waals surface area contributed by atoms with Gasteiger partial charge in [0.15, 0.2) is 0 Å². The molecule has 3 unspecified atom stereocenters. The zero-order chi connectivity index (χ0) is 11.6. The van der Waals surface area contributed by atoms with E-state index in [1.54, 1.807) is 0 Å². The fourth-order valence-corrected chi connectivity index (χ4v) is 2.74. The lowest BCUT2D eigenvalue weighted by Gasteiger charge is -2.22. The van der Waals surface area contributed by atoms with E-state index >= 15 is 0 Å². The summed E-state index contributed by atoms with van der Waals surface area (Å²) in [4.78, 5) is 9.15. The first-order valence-corrected chi connectivity index (χ1v) is 7.18. The number of ether oxygens (including phenoxy) is 2. The number of methoxy groups -OCH3 is 1. The van der Waals surface area contributed by atoms with Crippen LogP contribution in [0, 0.1) is 0 Å². The van der Waals surface area contributed by atoms with E-state index in [-0.39, 0.29) is 12.3 Å². The number of hydrogen-bond acceptors (Lipinski definition) is 4. The van der Waals surface area contributed by atoms with Gasteiger partial charge in [0, 0.05) is 25.4 Å². The van der Waals surface area contributed by atoms with Crippen molar-refractivity contribution in [3.05, 3.63) is 0 Å². The quantitative estimate of drug-likeness (QED) is 0.562. The van der Waals surface area contributed by atoms with Gasteiger partial charge < -0.3 is 18.9 Å². The highest BCUT2D eigenvalue weighted by Crippen LogP contribution is 2.43. The van der Waals surface area contributed by atoms with Gasteiger partial charge in [0.1, 0.15) is 20.1 Å². The summed E-state index contributed by atoms with van der Waals surface area (Å²) in [6.07, 6.45) is -0.946. The third-order valence-corrected chi connectivity index (χ3v) is 3.50. The van der Waals surface area contributed by atoms with Crippen LogP contribution in [0.15, 0.2) is 0 Å². The zero-order valence-electron chi connectivity index (χ0n) is 8.70. The minimum absolute atomic E-state index is 0.217. The molecule has 86 valence electrons. The minimum Gasteiger partial charge on any atom is -0.382 e. The van der Waals surface area contributed by atoms with Gasteiger partial charge in [-0.25, -0.2) is 0 Å². The summed E-state index contributed by atoms with van der Waals surface area (Å²) >= 11 is 0. The Kier molecular flexibility index (Phi) is 4.78. The molecule has 0 saturated carbocycles. The standard InChI is InChI=1S/C7H15BO5P2/c1-11-3-4-5(13-15(2,9)10)6(14)7(8)12-4/h4-7H,3,14H2,1-2H3,(H,9,10)/t4-,5?,6+,7-/m1/s1. The van der Waals surface area contributed by atoms with Crippen molar-refractivity contribution in [3.63, 3.8) is 0 Å². The van der Waals surface area contributed by atoms with Gasteiger partial charge in [0.25, 0.3) is 0 Å². The molecule has 1 aliphatic rings. The molecule has 0 aromatic rings. The van der Waals surface area contributed by atoms with Crippen LogP contribution in [0.3, 0.4) is 0 Å². The van der Waals surface area contributed by atoms with Crippen molar-refractivity contribution < 1.29 is 23.5 Å². The average Bonchev–Trinajstić information content (AvgIpc) is 2.32. The van der Waals surface area contributed by atoms with E-state index in [0.29, 0.717) is 0 Å². The molecule has 0 aromatic heterocycles. The molecule has 0 bridgehead atoms. The SMILES string of the molecule is [B][C@@H]1O[C@H](COC)C(OP(C)(=O)O)[C@@H]1P. The highest BCUT2D eigenvalue weighted by Gasteiger charge is 2.42. The van der Waals surface area contributed by atoms with E-state index in [2.05, 4.69) is 9.24 Å². The first kappa shape index (κ1) is 13.6. The highest BCUT2D eigenvalue weighted by molar-refractivity contribution is 7.51. The average molecular weight is 252 g/mol. The molecule has 1 saturated heterocycles. The summed E-state index contributed by atoms with van der Waals surface area (Å²) in [6.45, 7) is 1.42. The van der Waals surface area contributed by atoms with E-state index < -0.39 is 25.8 Å². The summed E-state index contributed by atoms with van der Waals surface area (Å²) in [6, 6.07) is -0.522. The van der Waals surface area contributed by atoms with Crippen LogP contribution in [0.5, 0.6) is 0 Å². The van der Waals surface area contributed by atoms with Crippen LogP contribution in [0.4, 0.5) is 0 Å². The van der Waals surface area contributed by atoms with Crippen molar-refractivity contribution in [3.8, 4) is 0 Å². The predicted octanol–water partition coefficient (Wildman–Crippen LogP) is -0.0297. The normalized spacial score (nSPS) is 40.3. The van der Waals surface area contributed by atoms with Gasteiger partial charge in [0.2, 0.25) is 0 Å². The van der Waals surface area contributed by atoms with Crippen LogP contribution < -0.4 is 0 Å². The first-order chi connectivity index (χ1) is 6.85. The molecule has 8 heteroatoms. The molecule has 1 rings (SSSR count). The first-order valence-electron chi connectivity index (χ1n) is 4.49. The van der Waals surface area contributed by atoms with Crippen LogP contribution in [0.25, 0.3) is 0 Å². The molecular formula is C7H15BO5P2. The van der Waals surface area contributed by atoms with Crippen LogP contribution in [-0.4, -0.2) is 57.0 Å². The van der Waals surface area contributed by atoms with Crippen molar-refractivity contribution in [2.75, 3.05) is 20.4 Å². The maximum Gasteiger partial charge on any atom is 0.325 e. The van der Waals surface area contributed by atoms with Crippen LogP contribution in [0.1, 0.15) is 0 Å². The third kappa shape index (κ3) is 3.81. The van der Waals surface area contributed by atoms with E-state index in [4.69, 9.17) is 26.7 Å². The molecule has 15 heavy (non-hydrogen) atoms.